The van der Waals surface area contributed by atoms with Gasteiger partial charge < -0.3 is 12.7 Å². The number of rotatable bonds is 16. The van der Waals surface area contributed by atoms with Gasteiger partial charge in [0, 0.05) is 6.42 Å². The minimum atomic E-state index is -1.07. The first kappa shape index (κ1) is 26.7. The fourth-order valence-corrected chi connectivity index (χ4v) is 2.55. The number of hydrogen-bond acceptors (Lipinski definition) is 3. The van der Waals surface area contributed by atoms with Crippen molar-refractivity contribution in [3.05, 3.63) is 11.8 Å². The maximum absolute atomic E-state index is 11.4. The number of carbonyl (C=O) groups is 2. The minimum Gasteiger partial charge on any atom is -1.00 e. The molecule has 0 aliphatic heterocycles. The number of aliphatic carboxylic acids is 1. The largest absolute Gasteiger partial charge is 2.00 e. The summed E-state index contributed by atoms with van der Waals surface area (Å²) < 4.78 is 4.79. The van der Waals surface area contributed by atoms with Crippen molar-refractivity contribution in [3.63, 3.8) is 0 Å². The molecule has 4 nitrogen and oxygen atoms in total. The van der Waals surface area contributed by atoms with Gasteiger partial charge >= 0.3 is 35.0 Å². The van der Waals surface area contributed by atoms with E-state index in [4.69, 9.17) is 9.84 Å². The molecule has 144 valence electrons. The number of unbranched alkanes of at least 4 members (excludes halogenated alkanes) is 12. The molecule has 1 N–H and O–H groups in total. The van der Waals surface area contributed by atoms with Crippen LogP contribution < -0.4 is 0 Å². The Morgan fingerprint density at radius 2 is 1.24 bits per heavy atom. The molecule has 0 amide bonds. The first-order chi connectivity index (χ1) is 11.6. The van der Waals surface area contributed by atoms with Gasteiger partial charge in [-0.3, -0.25) is 4.79 Å². The zero-order chi connectivity index (χ0) is 18.0. The maximum Gasteiger partial charge on any atom is 2.00 e. The predicted octanol–water partition coefficient (Wildman–Crippen LogP) is 5.84. The molecular weight excluding hydrogens is 329 g/mol. The fourth-order valence-electron chi connectivity index (χ4n) is 2.55. The van der Waals surface area contributed by atoms with E-state index in [9.17, 15) is 9.59 Å². The molecule has 25 heavy (non-hydrogen) atoms. The molecule has 0 saturated heterocycles. The van der Waals surface area contributed by atoms with Crippen molar-refractivity contribution >= 4 is 35.0 Å². The summed E-state index contributed by atoms with van der Waals surface area (Å²) in [6, 6.07) is 0. The van der Waals surface area contributed by atoms with Crippen molar-refractivity contribution in [2.24, 2.45) is 0 Å². The Labute approximate surface area is 172 Å². The Morgan fingerprint density at radius 1 is 0.840 bits per heavy atom. The fraction of sp³-hybridized carbons (Fsp3) is 0.800. The van der Waals surface area contributed by atoms with E-state index in [1.807, 2.05) is 0 Å². The molecule has 0 aromatic carbocycles. The summed E-state index contributed by atoms with van der Waals surface area (Å²) in [5.41, 5.74) is 0.0358. The van der Waals surface area contributed by atoms with E-state index in [0.29, 0.717) is 6.42 Å². The van der Waals surface area contributed by atoms with Crippen LogP contribution in [0, 0.1) is 0 Å². The van der Waals surface area contributed by atoms with Crippen LogP contribution in [0.5, 0.6) is 0 Å². The van der Waals surface area contributed by atoms with Crippen LogP contribution in [-0.2, 0) is 14.3 Å². The quantitative estimate of drug-likeness (QED) is 0.122. The van der Waals surface area contributed by atoms with Crippen molar-refractivity contribution in [1.82, 2.24) is 0 Å². The molecule has 0 radical (unpaired) electrons. The van der Waals surface area contributed by atoms with Gasteiger partial charge in [0.15, 0.2) is 0 Å². The average molecular weight is 367 g/mol. The van der Waals surface area contributed by atoms with E-state index in [0.717, 1.165) is 25.5 Å². The van der Waals surface area contributed by atoms with E-state index >= 15 is 0 Å². The van der Waals surface area contributed by atoms with Crippen molar-refractivity contribution in [2.75, 3.05) is 0 Å². The number of carboxylic acids is 1. The van der Waals surface area contributed by atoms with Crippen molar-refractivity contribution in [2.45, 2.75) is 104 Å². The van der Waals surface area contributed by atoms with Crippen LogP contribution >= 0.6 is 0 Å². The van der Waals surface area contributed by atoms with E-state index in [2.05, 4.69) is 6.92 Å². The average Bonchev–Trinajstić information content (AvgIpc) is 2.56. The summed E-state index contributed by atoms with van der Waals surface area (Å²) in [5.74, 6) is -1.41. The summed E-state index contributed by atoms with van der Waals surface area (Å²) in [5, 5.41) is 8.63. The van der Waals surface area contributed by atoms with Gasteiger partial charge in [0.2, 0.25) is 0 Å². The van der Waals surface area contributed by atoms with Crippen LogP contribution in [0.25, 0.3) is 0 Å². The van der Waals surface area contributed by atoms with Crippen LogP contribution in [0.4, 0.5) is 0 Å². The third-order valence-corrected chi connectivity index (χ3v) is 4.19. The van der Waals surface area contributed by atoms with Crippen molar-refractivity contribution in [1.29, 1.82) is 0 Å². The van der Waals surface area contributed by atoms with Gasteiger partial charge in [0.1, 0.15) is 6.26 Å². The van der Waals surface area contributed by atoms with E-state index in [-0.39, 0.29) is 37.4 Å². The maximum atomic E-state index is 11.4. The van der Waals surface area contributed by atoms with Gasteiger partial charge in [-0.1, -0.05) is 84.0 Å². The molecule has 5 heteroatoms. The molecule has 0 spiro atoms. The Hall–Kier alpha value is -0.554. The van der Waals surface area contributed by atoms with Gasteiger partial charge in [0.25, 0.3) is 0 Å². The molecule has 0 unspecified atom stereocenters. The first-order valence-corrected chi connectivity index (χ1v) is 9.67. The van der Waals surface area contributed by atoms with E-state index in [1.54, 1.807) is 0 Å². The monoisotopic (exact) mass is 366 g/mol. The standard InChI is InChI=1S/C20H36O4.Mg.2H/c1-3-4-5-6-7-8-9-10-11-12-13-14-15-16-19(21)24-17-18(2)20(22)23;;;/h17H,3-16H2,1-2H3,(H,22,23);;;/q;+2;2*-1. The second kappa shape index (κ2) is 19.8. The van der Waals surface area contributed by atoms with Gasteiger partial charge in [-0.25, -0.2) is 4.79 Å². The van der Waals surface area contributed by atoms with Gasteiger partial charge in [-0.05, 0) is 13.3 Å². The second-order valence-electron chi connectivity index (χ2n) is 6.59. The SMILES string of the molecule is CCCCCCCCCCCCCCCC(=O)OC=C(C)C(=O)O.[H-].[H-].[Mg+2]. The van der Waals surface area contributed by atoms with Gasteiger partial charge in [0.05, 0.1) is 5.57 Å². The van der Waals surface area contributed by atoms with Gasteiger partial charge in [-0.2, -0.15) is 0 Å². The van der Waals surface area contributed by atoms with Crippen LogP contribution in [0.15, 0.2) is 11.8 Å². The zero-order valence-corrected chi connectivity index (χ0v) is 17.8. The number of esters is 1. The summed E-state index contributed by atoms with van der Waals surface area (Å²) in [4.78, 5) is 21.9. The number of ether oxygens (including phenoxy) is 1. The Balaban J connectivity index is -0.000000882. The molecule has 0 aromatic rings. The molecule has 0 aromatic heterocycles. The zero-order valence-electron chi connectivity index (χ0n) is 18.4. The number of hydrogen-bond donors (Lipinski definition) is 1. The molecule has 0 bridgehead atoms. The number of carboxylic acid groups (broad SMARTS) is 1. The van der Waals surface area contributed by atoms with E-state index < -0.39 is 5.97 Å². The molecule has 0 rings (SSSR count). The Bertz CT molecular complexity index is 377. The molecule has 0 aliphatic carbocycles. The van der Waals surface area contributed by atoms with Crippen molar-refractivity contribution < 1.29 is 22.3 Å². The van der Waals surface area contributed by atoms with Gasteiger partial charge in [-0.15, -0.1) is 0 Å². The third kappa shape index (κ3) is 19.6. The normalized spacial score (nSPS) is 11.0. The summed E-state index contributed by atoms with van der Waals surface area (Å²) in [7, 11) is 0. The van der Waals surface area contributed by atoms with Crippen LogP contribution in [0.1, 0.15) is 107 Å². The molecule has 0 heterocycles. The first-order valence-electron chi connectivity index (χ1n) is 9.67. The van der Waals surface area contributed by atoms with E-state index in [1.165, 1.54) is 71.1 Å². The van der Waals surface area contributed by atoms with Crippen LogP contribution in [0.3, 0.4) is 0 Å². The predicted molar refractivity (Wildman–Crippen MR) is 106 cm³/mol. The molecule has 0 fully saturated rings. The second-order valence-corrected chi connectivity index (χ2v) is 6.59. The molecule has 0 aliphatic rings. The topological polar surface area (TPSA) is 63.6 Å². The Morgan fingerprint density at radius 3 is 1.64 bits per heavy atom. The van der Waals surface area contributed by atoms with Crippen molar-refractivity contribution in [3.8, 4) is 0 Å². The summed E-state index contributed by atoms with van der Waals surface area (Å²) in [6.45, 7) is 3.65. The molecule has 0 saturated carbocycles. The molecule has 0 atom stereocenters. The van der Waals surface area contributed by atoms with Crippen LogP contribution in [0.2, 0.25) is 0 Å². The third-order valence-electron chi connectivity index (χ3n) is 4.19. The minimum absolute atomic E-state index is 0. The smallest absolute Gasteiger partial charge is 1.00 e. The summed E-state index contributed by atoms with van der Waals surface area (Å²) in [6.07, 6.45) is 17.9. The summed E-state index contributed by atoms with van der Waals surface area (Å²) >= 11 is 0. The number of carbonyl (C=O) groups excluding carboxylic acids is 1. The molecular formula is C20H38MgO4. The Kier molecular flexibility index (Phi) is 21.1. The van der Waals surface area contributed by atoms with Crippen LogP contribution in [-0.4, -0.2) is 40.1 Å².